The lowest BCUT2D eigenvalue weighted by Crippen LogP contribution is -2.23. The lowest BCUT2D eigenvalue weighted by atomic mass is 10.3. The first-order valence-electron chi connectivity index (χ1n) is 9.27. The summed E-state index contributed by atoms with van der Waals surface area (Å²) in [5.41, 5.74) is 0.444. The number of rotatable bonds is 6. The highest BCUT2D eigenvalue weighted by Gasteiger charge is 2.16. The van der Waals surface area contributed by atoms with Gasteiger partial charge < -0.3 is 9.40 Å². The van der Waals surface area contributed by atoms with Gasteiger partial charge in [0.2, 0.25) is 0 Å². The van der Waals surface area contributed by atoms with Crippen molar-refractivity contribution in [2.24, 2.45) is 0 Å². The van der Waals surface area contributed by atoms with Gasteiger partial charge in [-0.2, -0.15) is 0 Å². The number of aromatic amines is 1. The van der Waals surface area contributed by atoms with Crippen LogP contribution in [0.15, 0.2) is 55.1 Å². The number of aromatic nitrogens is 4. The summed E-state index contributed by atoms with van der Waals surface area (Å²) in [6.45, 7) is 2.35. The van der Waals surface area contributed by atoms with Gasteiger partial charge in [-0.1, -0.05) is 18.7 Å². The molecular formula is C20H16N4O3S3. The fourth-order valence-electron chi connectivity index (χ4n) is 3.15. The van der Waals surface area contributed by atoms with Crippen molar-refractivity contribution in [3.63, 3.8) is 0 Å². The molecule has 0 unspecified atom stereocenters. The molecule has 0 aliphatic carbocycles. The van der Waals surface area contributed by atoms with Crippen LogP contribution in [0.3, 0.4) is 0 Å². The number of nitrogens with one attached hydrogen (secondary N) is 1. The second-order valence-electron chi connectivity index (χ2n) is 6.59. The number of furan rings is 1. The summed E-state index contributed by atoms with van der Waals surface area (Å²) < 4.78 is 7.69. The molecule has 0 radical (unpaired) electrons. The summed E-state index contributed by atoms with van der Waals surface area (Å²) in [5.74, 6) is 1.62. The zero-order valence-corrected chi connectivity index (χ0v) is 18.3. The SMILES string of the molecule is CCc1cc2c(=O)n(Cc3ccco3)c(SCc3nc4ccsc4c(=O)[nH]3)nc2s1. The molecule has 0 fully saturated rings. The van der Waals surface area contributed by atoms with Crippen LogP contribution in [0.25, 0.3) is 20.4 Å². The zero-order valence-electron chi connectivity index (χ0n) is 15.9. The maximum atomic E-state index is 13.2. The van der Waals surface area contributed by atoms with Crippen LogP contribution < -0.4 is 11.1 Å². The second kappa shape index (κ2) is 7.86. The number of thioether (sulfide) groups is 1. The molecule has 30 heavy (non-hydrogen) atoms. The zero-order chi connectivity index (χ0) is 20.7. The van der Waals surface area contributed by atoms with Crippen LogP contribution in [-0.2, 0) is 18.7 Å². The van der Waals surface area contributed by atoms with E-state index >= 15 is 0 Å². The Labute approximate surface area is 182 Å². The van der Waals surface area contributed by atoms with Crippen molar-refractivity contribution in [2.75, 3.05) is 0 Å². The minimum atomic E-state index is -0.146. The predicted octanol–water partition coefficient (Wildman–Crippen LogP) is 4.25. The van der Waals surface area contributed by atoms with Crippen molar-refractivity contribution < 1.29 is 4.42 Å². The van der Waals surface area contributed by atoms with Crippen LogP contribution in [0.5, 0.6) is 0 Å². The molecule has 0 aliphatic rings. The molecule has 7 nitrogen and oxygen atoms in total. The van der Waals surface area contributed by atoms with Crippen LogP contribution in [0.1, 0.15) is 23.4 Å². The Morgan fingerprint density at radius 1 is 1.27 bits per heavy atom. The van der Waals surface area contributed by atoms with Crippen molar-refractivity contribution >= 4 is 54.9 Å². The number of hydrogen-bond acceptors (Lipinski definition) is 8. The summed E-state index contributed by atoms with van der Waals surface area (Å²) in [6.07, 6.45) is 2.44. The Morgan fingerprint density at radius 3 is 2.97 bits per heavy atom. The summed E-state index contributed by atoms with van der Waals surface area (Å²) >= 11 is 4.28. The highest BCUT2D eigenvalue weighted by molar-refractivity contribution is 7.98. The average Bonchev–Trinajstić information content (AvgIpc) is 3.49. The van der Waals surface area contributed by atoms with Gasteiger partial charge in [0.15, 0.2) is 5.16 Å². The quantitative estimate of drug-likeness (QED) is 0.303. The van der Waals surface area contributed by atoms with Crippen LogP contribution in [0.4, 0.5) is 0 Å². The molecule has 0 aliphatic heterocycles. The number of aryl methyl sites for hydroxylation is 1. The van der Waals surface area contributed by atoms with Gasteiger partial charge in [-0.15, -0.1) is 22.7 Å². The fourth-order valence-corrected chi connectivity index (χ4v) is 5.75. The van der Waals surface area contributed by atoms with E-state index in [0.717, 1.165) is 16.1 Å². The third-order valence-corrected chi connectivity index (χ3v) is 7.67. The Bertz CT molecular complexity index is 1460. The van der Waals surface area contributed by atoms with Crippen molar-refractivity contribution in [2.45, 2.75) is 30.8 Å². The monoisotopic (exact) mass is 456 g/mol. The molecular weight excluding hydrogens is 440 g/mol. The van der Waals surface area contributed by atoms with Crippen LogP contribution in [-0.4, -0.2) is 19.5 Å². The van der Waals surface area contributed by atoms with Crippen LogP contribution >= 0.6 is 34.4 Å². The smallest absolute Gasteiger partial charge is 0.268 e. The molecule has 5 aromatic rings. The molecule has 0 spiro atoms. The van der Waals surface area contributed by atoms with Crippen molar-refractivity contribution in [1.29, 1.82) is 0 Å². The molecule has 10 heteroatoms. The molecule has 0 atom stereocenters. The lowest BCUT2D eigenvalue weighted by molar-refractivity contribution is 0.477. The van der Waals surface area contributed by atoms with Gasteiger partial charge in [0.25, 0.3) is 11.1 Å². The maximum Gasteiger partial charge on any atom is 0.268 e. The number of nitrogens with zero attached hydrogens (tertiary/aromatic N) is 3. The Morgan fingerprint density at radius 2 is 2.17 bits per heavy atom. The number of thiophene rings is 2. The van der Waals surface area contributed by atoms with E-state index in [4.69, 9.17) is 9.40 Å². The Balaban J connectivity index is 1.55. The van der Waals surface area contributed by atoms with Gasteiger partial charge in [-0.05, 0) is 36.1 Å². The maximum absolute atomic E-state index is 13.2. The molecule has 5 aromatic heterocycles. The molecule has 0 saturated heterocycles. The van der Waals surface area contributed by atoms with Crippen molar-refractivity contribution in [3.05, 3.63) is 73.1 Å². The van der Waals surface area contributed by atoms with E-state index in [-0.39, 0.29) is 11.1 Å². The summed E-state index contributed by atoms with van der Waals surface area (Å²) in [5, 5.41) is 3.04. The summed E-state index contributed by atoms with van der Waals surface area (Å²) in [6, 6.07) is 7.38. The molecule has 0 saturated carbocycles. The standard InChI is InChI=1S/C20H16N4O3S3/c1-2-12-8-13-18(30-12)23-20(24(19(13)26)9-11-4-3-6-27-11)29-10-15-21-14-5-7-28-16(14)17(25)22-15/h3-8H,2,9-10H2,1H3,(H,21,22,25). The van der Waals surface area contributed by atoms with Gasteiger partial charge in [-0.3, -0.25) is 14.2 Å². The fraction of sp³-hybridized carbons (Fsp3) is 0.200. The van der Waals surface area contributed by atoms with E-state index in [1.54, 1.807) is 16.9 Å². The van der Waals surface area contributed by atoms with E-state index in [1.165, 1.54) is 34.4 Å². The van der Waals surface area contributed by atoms with Gasteiger partial charge in [0, 0.05) is 4.88 Å². The molecule has 0 amide bonds. The number of hydrogen-bond donors (Lipinski definition) is 1. The van der Waals surface area contributed by atoms with E-state index in [0.29, 0.717) is 44.6 Å². The Kier molecular flexibility index (Phi) is 5.05. The first kappa shape index (κ1) is 19.3. The molecule has 0 aromatic carbocycles. The highest BCUT2D eigenvalue weighted by atomic mass is 32.2. The third-order valence-electron chi connectivity index (χ3n) is 4.61. The van der Waals surface area contributed by atoms with Crippen molar-refractivity contribution in [3.8, 4) is 0 Å². The van der Waals surface area contributed by atoms with E-state index in [9.17, 15) is 9.59 Å². The third kappa shape index (κ3) is 3.51. The van der Waals surface area contributed by atoms with E-state index < -0.39 is 0 Å². The van der Waals surface area contributed by atoms with Crippen LogP contribution in [0, 0.1) is 0 Å². The summed E-state index contributed by atoms with van der Waals surface area (Å²) in [7, 11) is 0. The molecule has 1 N–H and O–H groups in total. The second-order valence-corrected chi connectivity index (χ2v) is 9.56. The highest BCUT2D eigenvalue weighted by Crippen LogP contribution is 2.27. The first-order valence-corrected chi connectivity index (χ1v) is 12.0. The van der Waals surface area contributed by atoms with Gasteiger partial charge in [-0.25, -0.2) is 9.97 Å². The van der Waals surface area contributed by atoms with E-state index in [1.807, 2.05) is 23.6 Å². The summed E-state index contributed by atoms with van der Waals surface area (Å²) in [4.78, 5) is 39.4. The molecule has 152 valence electrons. The predicted molar refractivity (Wildman–Crippen MR) is 121 cm³/mol. The first-order chi connectivity index (χ1) is 14.6. The molecule has 5 rings (SSSR count). The minimum Gasteiger partial charge on any atom is -0.467 e. The minimum absolute atomic E-state index is 0.0930. The number of H-pyrrole nitrogens is 1. The molecule has 0 bridgehead atoms. The van der Waals surface area contributed by atoms with Gasteiger partial charge >= 0.3 is 0 Å². The lowest BCUT2D eigenvalue weighted by Gasteiger charge is -2.10. The van der Waals surface area contributed by atoms with Crippen molar-refractivity contribution in [1.82, 2.24) is 19.5 Å². The topological polar surface area (TPSA) is 93.8 Å². The molecule has 5 heterocycles. The average molecular weight is 457 g/mol. The van der Waals surface area contributed by atoms with Crippen LogP contribution in [0.2, 0.25) is 0 Å². The van der Waals surface area contributed by atoms with E-state index in [2.05, 4.69) is 16.9 Å². The van der Waals surface area contributed by atoms with Gasteiger partial charge in [0.1, 0.15) is 21.1 Å². The Hall–Kier alpha value is -2.69. The largest absolute Gasteiger partial charge is 0.467 e. The number of fused-ring (bicyclic) bond motifs is 2. The normalized spacial score (nSPS) is 11.6. The van der Waals surface area contributed by atoms with Gasteiger partial charge in [0.05, 0.1) is 29.5 Å².